The van der Waals surface area contributed by atoms with Gasteiger partial charge in [-0.05, 0) is 34.9 Å². The van der Waals surface area contributed by atoms with Crippen LogP contribution in [0.4, 0.5) is 15.8 Å². The molecule has 0 spiro atoms. The molecule has 0 saturated heterocycles. The van der Waals surface area contributed by atoms with E-state index in [2.05, 4.69) is 82.3 Å². The second-order valence-corrected chi connectivity index (χ2v) is 12.1. The lowest BCUT2D eigenvalue weighted by Crippen LogP contribution is -2.30. The van der Waals surface area contributed by atoms with Crippen molar-refractivity contribution in [3.8, 4) is 34.0 Å². The number of fused-ring (bicyclic) bond motifs is 6. The summed E-state index contributed by atoms with van der Waals surface area (Å²) >= 11 is 0. The smallest absolute Gasteiger partial charge is 0.157 e. The van der Waals surface area contributed by atoms with Crippen LogP contribution in [-0.4, -0.2) is 10.6 Å². The first-order chi connectivity index (χ1) is 23.3. The number of nitriles is 1. The van der Waals surface area contributed by atoms with Crippen molar-refractivity contribution in [1.29, 1.82) is 5.26 Å². The van der Waals surface area contributed by atoms with E-state index in [1.165, 1.54) is 5.56 Å². The molecular weight excluding hydrogens is 577 g/mol. The van der Waals surface area contributed by atoms with Crippen LogP contribution in [0, 0.1) is 17.1 Å². The topological polar surface area (TPSA) is 32.0 Å². The molecule has 3 nitrogen and oxygen atoms in total. The van der Waals surface area contributed by atoms with Gasteiger partial charge >= 0.3 is 0 Å². The van der Waals surface area contributed by atoms with Gasteiger partial charge in [-0.3, -0.25) is 0 Å². The molecule has 1 aliphatic carbocycles. The Morgan fingerprint density at radius 1 is 0.574 bits per heavy atom. The number of hydrogen-bond donors (Lipinski definition) is 0. The first kappa shape index (κ1) is 27.2. The Morgan fingerprint density at radius 3 is 1.79 bits per heavy atom. The fourth-order valence-corrected chi connectivity index (χ4v) is 7.72. The van der Waals surface area contributed by atoms with Crippen LogP contribution in [0.5, 0.6) is 0 Å². The van der Waals surface area contributed by atoms with Crippen LogP contribution in [0.1, 0.15) is 17.0 Å². The standard InChI is InChI=1S/C43H28FN3/c44-41-39(28-15-3-1-4-16-28)34(27-45)42(46-35-23-11-7-19-30(35)31-20-8-12-24-36(31)46)40(29-17-5-2-6-18-29)43(41)47-37-25-13-9-21-32(37)33-22-10-14-26-38(33)47/h1-26,30,35H. The Bertz CT molecular complexity index is 2390. The fraction of sp³-hybridized carbons (Fsp3) is 0.0465. The maximum absolute atomic E-state index is 18.1. The van der Waals surface area contributed by atoms with Gasteiger partial charge in [-0.1, -0.05) is 140 Å². The van der Waals surface area contributed by atoms with E-state index in [9.17, 15) is 5.26 Å². The normalized spacial score (nSPS) is 16.4. The third kappa shape index (κ3) is 3.97. The van der Waals surface area contributed by atoms with E-state index in [1.807, 2.05) is 91.0 Å². The summed E-state index contributed by atoms with van der Waals surface area (Å²) in [5, 5.41) is 13.2. The van der Waals surface area contributed by atoms with Gasteiger partial charge in [0.2, 0.25) is 0 Å². The molecule has 2 aliphatic rings. The van der Waals surface area contributed by atoms with Gasteiger partial charge in [-0.25, -0.2) is 4.39 Å². The molecule has 7 aromatic rings. The SMILES string of the molecule is N#Cc1c(-c2ccccc2)c(F)c(-n2c3ccccc3c3ccccc32)c(-c2ccccc2)c1N1c2ccccc2C2C=CC=CC21. The zero-order valence-corrected chi connectivity index (χ0v) is 25.4. The van der Waals surface area contributed by atoms with Crippen LogP contribution in [0.2, 0.25) is 0 Å². The average molecular weight is 606 g/mol. The number of halogens is 1. The predicted octanol–water partition coefficient (Wildman–Crippen LogP) is 10.9. The first-order valence-corrected chi connectivity index (χ1v) is 15.9. The van der Waals surface area contributed by atoms with Crippen molar-refractivity contribution >= 4 is 33.2 Å². The highest BCUT2D eigenvalue weighted by Gasteiger charge is 2.41. The van der Waals surface area contributed by atoms with Crippen molar-refractivity contribution in [3.05, 3.63) is 175 Å². The molecule has 0 N–H and O–H groups in total. The molecule has 2 heterocycles. The molecule has 1 aliphatic heterocycles. The van der Waals surface area contributed by atoms with Gasteiger partial charge in [0.05, 0.1) is 34.0 Å². The number of anilines is 2. The largest absolute Gasteiger partial charge is 0.332 e. The van der Waals surface area contributed by atoms with Crippen LogP contribution in [0.15, 0.2) is 158 Å². The average Bonchev–Trinajstić information content (AvgIpc) is 3.65. The van der Waals surface area contributed by atoms with Gasteiger partial charge in [0.15, 0.2) is 5.82 Å². The Kier molecular flexibility index (Phi) is 6.19. The molecule has 2 atom stereocenters. The number of rotatable bonds is 4. The summed E-state index contributed by atoms with van der Waals surface area (Å²) in [7, 11) is 0. The van der Waals surface area contributed by atoms with Crippen molar-refractivity contribution in [1.82, 2.24) is 4.57 Å². The summed E-state index contributed by atoms with van der Waals surface area (Å²) in [6.07, 6.45) is 8.59. The van der Waals surface area contributed by atoms with E-state index in [4.69, 9.17) is 0 Å². The van der Waals surface area contributed by atoms with Crippen molar-refractivity contribution in [3.63, 3.8) is 0 Å². The monoisotopic (exact) mass is 605 g/mol. The molecule has 4 heteroatoms. The van der Waals surface area contributed by atoms with Crippen molar-refractivity contribution in [2.45, 2.75) is 12.0 Å². The van der Waals surface area contributed by atoms with Crippen LogP contribution < -0.4 is 4.90 Å². The van der Waals surface area contributed by atoms with E-state index in [1.54, 1.807) is 0 Å². The highest BCUT2D eigenvalue weighted by atomic mass is 19.1. The molecule has 9 rings (SSSR count). The summed E-state index contributed by atoms with van der Waals surface area (Å²) in [6, 6.07) is 46.7. The van der Waals surface area contributed by atoms with Crippen molar-refractivity contribution in [2.24, 2.45) is 0 Å². The van der Waals surface area contributed by atoms with Crippen LogP contribution >= 0.6 is 0 Å². The minimum Gasteiger partial charge on any atom is -0.332 e. The third-order valence-corrected chi connectivity index (χ3v) is 9.63. The number of hydrogen-bond acceptors (Lipinski definition) is 2. The van der Waals surface area contributed by atoms with Crippen LogP contribution in [-0.2, 0) is 0 Å². The van der Waals surface area contributed by atoms with Crippen molar-refractivity contribution in [2.75, 3.05) is 4.90 Å². The molecule has 1 aromatic heterocycles. The molecule has 0 radical (unpaired) electrons. The second kappa shape index (κ2) is 10.7. The Labute approximate surface area is 272 Å². The Hall–Kier alpha value is -6.18. The van der Waals surface area contributed by atoms with Gasteiger partial charge in [-0.2, -0.15) is 5.26 Å². The molecule has 0 saturated carbocycles. The van der Waals surface area contributed by atoms with E-state index >= 15 is 4.39 Å². The Morgan fingerprint density at radius 2 is 1.13 bits per heavy atom. The summed E-state index contributed by atoms with van der Waals surface area (Å²) in [6.45, 7) is 0. The quantitative estimate of drug-likeness (QED) is 0.200. The van der Waals surface area contributed by atoms with Gasteiger partial charge in [0.1, 0.15) is 6.07 Å². The molecule has 47 heavy (non-hydrogen) atoms. The molecule has 0 bridgehead atoms. The third-order valence-electron chi connectivity index (χ3n) is 9.63. The lowest BCUT2D eigenvalue weighted by molar-refractivity contribution is 0.624. The maximum atomic E-state index is 18.1. The lowest BCUT2D eigenvalue weighted by Gasteiger charge is -2.34. The number of nitrogens with zero attached hydrogens (tertiary/aromatic N) is 3. The highest BCUT2D eigenvalue weighted by molar-refractivity contribution is 6.11. The number of allylic oxidation sites excluding steroid dienone is 2. The van der Waals surface area contributed by atoms with E-state index in [0.29, 0.717) is 33.6 Å². The molecule has 2 unspecified atom stereocenters. The second-order valence-electron chi connectivity index (χ2n) is 12.1. The number of benzene rings is 6. The zero-order valence-electron chi connectivity index (χ0n) is 25.4. The lowest BCUT2D eigenvalue weighted by atomic mass is 9.88. The first-order valence-electron chi connectivity index (χ1n) is 15.9. The predicted molar refractivity (Wildman–Crippen MR) is 190 cm³/mol. The maximum Gasteiger partial charge on any atom is 0.157 e. The molecular formula is C43H28FN3. The van der Waals surface area contributed by atoms with E-state index in [-0.39, 0.29) is 12.0 Å². The molecule has 6 aromatic carbocycles. The van der Waals surface area contributed by atoms with Gasteiger partial charge in [-0.15, -0.1) is 0 Å². The fourth-order valence-electron chi connectivity index (χ4n) is 7.72. The van der Waals surface area contributed by atoms with E-state index in [0.717, 1.165) is 33.1 Å². The Balaban J connectivity index is 1.53. The minimum absolute atomic E-state index is 0.0907. The number of aromatic nitrogens is 1. The molecule has 222 valence electrons. The summed E-state index contributed by atoms with van der Waals surface area (Å²) in [5.74, 6) is -0.335. The van der Waals surface area contributed by atoms with Crippen molar-refractivity contribution < 1.29 is 4.39 Å². The number of para-hydroxylation sites is 3. The van der Waals surface area contributed by atoms with E-state index < -0.39 is 5.82 Å². The summed E-state index contributed by atoms with van der Waals surface area (Å²) in [4.78, 5) is 2.28. The highest BCUT2D eigenvalue weighted by Crippen LogP contribution is 2.55. The van der Waals surface area contributed by atoms with Gasteiger partial charge in [0, 0.05) is 33.5 Å². The van der Waals surface area contributed by atoms with Gasteiger partial charge < -0.3 is 9.47 Å². The van der Waals surface area contributed by atoms with Gasteiger partial charge in [0.25, 0.3) is 0 Å². The van der Waals surface area contributed by atoms with Crippen LogP contribution in [0.25, 0.3) is 49.7 Å². The minimum atomic E-state index is -0.426. The zero-order chi connectivity index (χ0) is 31.5. The summed E-state index contributed by atoms with van der Waals surface area (Å²) in [5.41, 5.74) is 7.94. The molecule has 0 fully saturated rings. The van der Waals surface area contributed by atoms with Crippen LogP contribution in [0.3, 0.4) is 0 Å². The molecule has 0 amide bonds. The summed E-state index contributed by atoms with van der Waals surface area (Å²) < 4.78 is 20.1.